The van der Waals surface area contributed by atoms with E-state index in [1.165, 1.54) is 0 Å². The lowest BCUT2D eigenvalue weighted by molar-refractivity contribution is 0.350. The largest absolute Gasteiger partial charge is 0.384 e. The fraction of sp³-hybridized carbons (Fsp3) is 0.118. The van der Waals surface area contributed by atoms with Gasteiger partial charge in [0.1, 0.15) is 20.1 Å². The van der Waals surface area contributed by atoms with Gasteiger partial charge in [0.25, 0.3) is 10.0 Å². The van der Waals surface area contributed by atoms with E-state index in [1.807, 2.05) is 20.8 Å². The molecule has 7 heteroatoms. The van der Waals surface area contributed by atoms with Crippen molar-refractivity contribution in [2.45, 2.75) is 11.8 Å². The van der Waals surface area contributed by atoms with Gasteiger partial charge in [-0.2, -0.15) is 0 Å². The first-order chi connectivity index (χ1) is 11.4. The van der Waals surface area contributed by atoms with E-state index < -0.39 is 10.0 Å². The molecule has 0 atom stereocenters. The number of nitrogens with zero attached hydrogens (tertiary/aromatic N) is 2. The Morgan fingerprint density at radius 1 is 1.25 bits per heavy atom. The van der Waals surface area contributed by atoms with Gasteiger partial charge in [0.15, 0.2) is 5.65 Å². The topological polar surface area (TPSA) is 72.2 Å². The van der Waals surface area contributed by atoms with E-state index in [0.29, 0.717) is 5.65 Å². The molecule has 0 fully saturated rings. The Kier molecular flexibility index (Phi) is 4.18. The number of aromatic nitrogens is 2. The molecule has 0 aliphatic heterocycles. The number of fused-ring (bicyclic) bond motifs is 1. The van der Waals surface area contributed by atoms with Gasteiger partial charge in [-0.15, -0.1) is 0 Å². The summed E-state index contributed by atoms with van der Waals surface area (Å²) in [5.41, 5.74) is 2.49. The van der Waals surface area contributed by atoms with Crippen LogP contribution in [-0.4, -0.2) is 36.9 Å². The predicted molar refractivity (Wildman–Crippen MR) is 95.6 cm³/mol. The Bertz CT molecular complexity index is 1070. The van der Waals surface area contributed by atoms with Crippen LogP contribution in [0, 0.1) is 18.8 Å². The van der Waals surface area contributed by atoms with E-state index in [1.54, 1.807) is 36.5 Å². The van der Waals surface area contributed by atoms with Crippen molar-refractivity contribution in [3.63, 3.8) is 0 Å². The molecule has 0 radical (unpaired) electrons. The molecule has 0 unspecified atom stereocenters. The fourth-order valence-corrected chi connectivity index (χ4v) is 3.90. The Morgan fingerprint density at radius 2 is 1.96 bits per heavy atom. The highest BCUT2D eigenvalue weighted by Crippen LogP contribution is 2.23. The summed E-state index contributed by atoms with van der Waals surface area (Å²) in [5.74, 6) is 5.22. The van der Waals surface area contributed by atoms with Gasteiger partial charge < -0.3 is 5.11 Å². The lowest BCUT2D eigenvalue weighted by atomic mass is 9.94. The molecule has 0 aliphatic rings. The van der Waals surface area contributed by atoms with Crippen molar-refractivity contribution in [3.05, 3.63) is 53.9 Å². The molecule has 1 N–H and O–H groups in total. The average Bonchev–Trinajstić information content (AvgIpc) is 2.94. The zero-order valence-corrected chi connectivity index (χ0v) is 14.1. The maximum Gasteiger partial charge on any atom is 0.270 e. The third kappa shape index (κ3) is 2.71. The third-order valence-electron chi connectivity index (χ3n) is 3.73. The first-order valence-corrected chi connectivity index (χ1v) is 8.78. The maximum absolute atomic E-state index is 13.1. The monoisotopic (exact) mass is 338 g/mol. The van der Waals surface area contributed by atoms with Crippen LogP contribution in [0.2, 0.25) is 0 Å². The molecule has 2 heterocycles. The second-order valence-electron chi connectivity index (χ2n) is 5.44. The Hall–Kier alpha value is -2.56. The van der Waals surface area contributed by atoms with Crippen LogP contribution in [0.25, 0.3) is 11.0 Å². The first-order valence-electron chi connectivity index (χ1n) is 7.34. The zero-order chi connectivity index (χ0) is 17.3. The molecule has 0 amide bonds. The zero-order valence-electron chi connectivity index (χ0n) is 13.3. The number of benzene rings is 1. The molecule has 0 saturated heterocycles. The highest BCUT2D eigenvalue weighted by molar-refractivity contribution is 7.90. The normalized spacial score (nSPS) is 11.2. The maximum atomic E-state index is 13.1. The van der Waals surface area contributed by atoms with Crippen molar-refractivity contribution in [1.29, 1.82) is 0 Å². The molecular formula is C17H15BN2O3S. The number of aryl methyl sites for hydroxylation is 1. The molecule has 5 nitrogen and oxygen atoms in total. The van der Waals surface area contributed by atoms with E-state index in [2.05, 4.69) is 16.8 Å². The smallest absolute Gasteiger partial charge is 0.270 e. The van der Waals surface area contributed by atoms with Crippen molar-refractivity contribution < 1.29 is 13.5 Å². The van der Waals surface area contributed by atoms with Gasteiger partial charge >= 0.3 is 0 Å². The van der Waals surface area contributed by atoms with Crippen LogP contribution in [-0.2, 0) is 10.0 Å². The van der Waals surface area contributed by atoms with Gasteiger partial charge in [-0.1, -0.05) is 29.1 Å². The van der Waals surface area contributed by atoms with Crippen LogP contribution >= 0.6 is 0 Å². The Balaban J connectivity index is 2.35. The van der Waals surface area contributed by atoms with Gasteiger partial charge in [-0.25, -0.2) is 17.4 Å². The molecule has 0 bridgehead atoms. The number of pyridine rings is 1. The quantitative estimate of drug-likeness (QED) is 0.535. The van der Waals surface area contributed by atoms with Crippen LogP contribution in [0.4, 0.5) is 0 Å². The standard InChI is InChI=1S/C17H15BN2O3S/c1-12-4-6-14(7-5-12)24(22,23)20-13(3-2-10-21)11-15-16(18)8-9-19-17(15)20/h4-9,11,21H,10,18H2,1H3. The molecule has 0 saturated carbocycles. The second kappa shape index (κ2) is 6.15. The molecular weight excluding hydrogens is 323 g/mol. The molecule has 24 heavy (non-hydrogen) atoms. The molecule has 3 aromatic rings. The van der Waals surface area contributed by atoms with E-state index in [0.717, 1.165) is 20.4 Å². The molecule has 0 aliphatic carbocycles. The van der Waals surface area contributed by atoms with Crippen molar-refractivity contribution in [3.8, 4) is 11.8 Å². The van der Waals surface area contributed by atoms with Gasteiger partial charge in [0.05, 0.1) is 4.90 Å². The van der Waals surface area contributed by atoms with E-state index in [9.17, 15) is 8.42 Å². The minimum absolute atomic E-state index is 0.168. The summed E-state index contributed by atoms with van der Waals surface area (Å²) in [4.78, 5) is 4.40. The molecule has 0 spiro atoms. The molecule has 1 aromatic carbocycles. The number of hydrogen-bond acceptors (Lipinski definition) is 4. The summed E-state index contributed by atoms with van der Waals surface area (Å²) in [6, 6.07) is 10.1. The second-order valence-corrected chi connectivity index (χ2v) is 7.22. The number of aliphatic hydroxyl groups is 1. The lowest BCUT2D eigenvalue weighted by Gasteiger charge is -2.09. The lowest BCUT2D eigenvalue weighted by Crippen LogP contribution is -2.16. The van der Waals surface area contributed by atoms with Crippen LogP contribution in [0.5, 0.6) is 0 Å². The van der Waals surface area contributed by atoms with Gasteiger partial charge in [0, 0.05) is 11.6 Å². The SMILES string of the molecule is Bc1ccnc2c1cc(C#CCO)n2S(=O)(=O)c1ccc(C)cc1. The number of rotatable bonds is 2. The van der Waals surface area contributed by atoms with Crippen LogP contribution in [0.1, 0.15) is 11.3 Å². The minimum atomic E-state index is -3.85. The van der Waals surface area contributed by atoms with Crippen molar-refractivity contribution in [1.82, 2.24) is 8.96 Å². The summed E-state index contributed by atoms with van der Waals surface area (Å²) in [6.07, 6.45) is 1.57. The van der Waals surface area contributed by atoms with Crippen molar-refractivity contribution in [2.75, 3.05) is 6.61 Å². The fourth-order valence-electron chi connectivity index (χ4n) is 2.48. The van der Waals surface area contributed by atoms with Gasteiger partial charge in [0.2, 0.25) is 0 Å². The van der Waals surface area contributed by atoms with Gasteiger partial charge in [-0.05, 0) is 37.1 Å². The summed E-state index contributed by atoms with van der Waals surface area (Å²) < 4.78 is 27.4. The minimum Gasteiger partial charge on any atom is -0.384 e. The summed E-state index contributed by atoms with van der Waals surface area (Å²) in [6.45, 7) is 1.54. The summed E-state index contributed by atoms with van der Waals surface area (Å²) in [7, 11) is -1.96. The van der Waals surface area contributed by atoms with Crippen LogP contribution < -0.4 is 5.46 Å². The Labute approximate surface area is 141 Å². The van der Waals surface area contributed by atoms with Crippen LogP contribution in [0.15, 0.2) is 47.5 Å². The first kappa shape index (κ1) is 16.3. The molecule has 120 valence electrons. The number of hydrogen-bond donors (Lipinski definition) is 1. The van der Waals surface area contributed by atoms with Crippen molar-refractivity contribution >= 4 is 34.4 Å². The average molecular weight is 338 g/mol. The highest BCUT2D eigenvalue weighted by atomic mass is 32.2. The van der Waals surface area contributed by atoms with E-state index in [-0.39, 0.29) is 17.2 Å². The highest BCUT2D eigenvalue weighted by Gasteiger charge is 2.23. The van der Waals surface area contributed by atoms with Gasteiger partial charge in [-0.3, -0.25) is 0 Å². The predicted octanol–water partition coefficient (Wildman–Crippen LogP) is 0.184. The van der Waals surface area contributed by atoms with Crippen LogP contribution in [0.3, 0.4) is 0 Å². The number of aliphatic hydroxyl groups excluding tert-OH is 1. The van der Waals surface area contributed by atoms with E-state index in [4.69, 9.17) is 5.11 Å². The molecule has 3 rings (SSSR count). The molecule has 2 aromatic heterocycles. The third-order valence-corrected chi connectivity index (χ3v) is 5.45. The summed E-state index contributed by atoms with van der Waals surface area (Å²) in [5, 5.41) is 9.67. The van der Waals surface area contributed by atoms with Crippen molar-refractivity contribution in [2.24, 2.45) is 0 Å². The van der Waals surface area contributed by atoms with E-state index >= 15 is 0 Å². The Morgan fingerprint density at radius 3 is 2.62 bits per heavy atom. The summed E-state index contributed by atoms with van der Waals surface area (Å²) >= 11 is 0.